The molecule has 0 aliphatic carbocycles. The standard InChI is InChI=1S/C26H29FN4O2/c1-18-7-9-29(10-8-18)24-5-3-20(17-28)15-22(24)26(33)31-13-11-30(12-14-31)25-6-4-21(19(2)32)16-23(25)27/h3-6,15-16,18H,7-14H2,1-2H3. The van der Waals surface area contributed by atoms with Crippen molar-refractivity contribution in [1.82, 2.24) is 4.90 Å². The zero-order chi connectivity index (χ0) is 23.5. The molecule has 2 aliphatic rings. The van der Waals surface area contributed by atoms with Crippen LogP contribution in [0.2, 0.25) is 0 Å². The largest absolute Gasteiger partial charge is 0.371 e. The first kappa shape index (κ1) is 22.8. The van der Waals surface area contributed by atoms with Crippen molar-refractivity contribution in [2.75, 3.05) is 49.1 Å². The Hall–Kier alpha value is -3.40. The number of carbonyl (C=O) groups excluding carboxylic acids is 2. The summed E-state index contributed by atoms with van der Waals surface area (Å²) in [6.07, 6.45) is 2.17. The Bertz CT molecular complexity index is 1090. The third-order valence-corrected chi connectivity index (χ3v) is 6.74. The molecule has 2 heterocycles. The Kier molecular flexibility index (Phi) is 6.64. The summed E-state index contributed by atoms with van der Waals surface area (Å²) in [5.74, 6) is -0.00946. The van der Waals surface area contributed by atoms with Gasteiger partial charge in [-0.1, -0.05) is 6.92 Å². The van der Waals surface area contributed by atoms with Crippen LogP contribution in [0.25, 0.3) is 0 Å². The minimum Gasteiger partial charge on any atom is -0.371 e. The van der Waals surface area contributed by atoms with E-state index >= 15 is 0 Å². The molecule has 0 radical (unpaired) electrons. The molecule has 172 valence electrons. The summed E-state index contributed by atoms with van der Waals surface area (Å²) in [6, 6.07) is 12.1. The van der Waals surface area contributed by atoms with Gasteiger partial charge in [0.05, 0.1) is 22.9 Å². The fourth-order valence-electron chi connectivity index (χ4n) is 4.61. The first-order valence-corrected chi connectivity index (χ1v) is 11.5. The average Bonchev–Trinajstić information content (AvgIpc) is 2.84. The van der Waals surface area contributed by atoms with Gasteiger partial charge in [-0.3, -0.25) is 9.59 Å². The molecule has 6 nitrogen and oxygen atoms in total. The number of benzene rings is 2. The van der Waals surface area contributed by atoms with E-state index in [0.29, 0.717) is 54.5 Å². The highest BCUT2D eigenvalue weighted by Gasteiger charge is 2.28. The molecule has 2 aromatic carbocycles. The minimum absolute atomic E-state index is 0.0900. The lowest BCUT2D eigenvalue weighted by atomic mass is 9.97. The predicted octanol–water partition coefficient (Wildman–Crippen LogP) is 4.10. The van der Waals surface area contributed by atoms with Crippen molar-refractivity contribution in [1.29, 1.82) is 5.26 Å². The van der Waals surface area contributed by atoms with Crippen LogP contribution in [-0.4, -0.2) is 55.9 Å². The molecule has 0 atom stereocenters. The highest BCUT2D eigenvalue weighted by Crippen LogP contribution is 2.29. The van der Waals surface area contributed by atoms with Crippen molar-refractivity contribution in [3.05, 3.63) is 58.9 Å². The molecule has 0 bridgehead atoms. The number of nitrogens with zero attached hydrogens (tertiary/aromatic N) is 4. The van der Waals surface area contributed by atoms with E-state index in [1.807, 2.05) is 11.0 Å². The molecule has 0 aromatic heterocycles. The van der Waals surface area contributed by atoms with Gasteiger partial charge in [-0.05, 0) is 62.1 Å². The minimum atomic E-state index is -0.425. The van der Waals surface area contributed by atoms with E-state index in [4.69, 9.17) is 0 Å². The summed E-state index contributed by atoms with van der Waals surface area (Å²) >= 11 is 0. The number of amides is 1. The quantitative estimate of drug-likeness (QED) is 0.659. The molecule has 1 amide bonds. The van der Waals surface area contributed by atoms with E-state index in [2.05, 4.69) is 17.9 Å². The van der Waals surface area contributed by atoms with Crippen molar-refractivity contribution in [3.8, 4) is 6.07 Å². The van der Waals surface area contributed by atoms with Crippen LogP contribution in [0.15, 0.2) is 36.4 Å². The lowest BCUT2D eigenvalue weighted by Gasteiger charge is -2.38. The monoisotopic (exact) mass is 448 g/mol. The number of Topliss-reactive ketones (excluding diaryl/α,β-unsaturated/α-hetero) is 1. The van der Waals surface area contributed by atoms with Crippen LogP contribution in [0.1, 0.15) is 53.0 Å². The summed E-state index contributed by atoms with van der Waals surface area (Å²) < 4.78 is 14.6. The third kappa shape index (κ3) is 4.85. The Morgan fingerprint density at radius 1 is 0.939 bits per heavy atom. The highest BCUT2D eigenvalue weighted by molar-refractivity contribution is 6.00. The fourth-order valence-corrected chi connectivity index (χ4v) is 4.61. The molecule has 2 aliphatic heterocycles. The van der Waals surface area contributed by atoms with Gasteiger partial charge < -0.3 is 14.7 Å². The Labute approximate surface area is 194 Å². The zero-order valence-electron chi connectivity index (χ0n) is 19.2. The number of hydrogen-bond acceptors (Lipinski definition) is 5. The van der Waals surface area contributed by atoms with Crippen LogP contribution in [0.3, 0.4) is 0 Å². The first-order valence-electron chi connectivity index (χ1n) is 11.5. The van der Waals surface area contributed by atoms with E-state index in [1.54, 1.807) is 29.2 Å². The second kappa shape index (κ2) is 9.62. The molecule has 2 aromatic rings. The number of nitriles is 1. The molecular formula is C26H29FN4O2. The van der Waals surface area contributed by atoms with Gasteiger partial charge >= 0.3 is 0 Å². The van der Waals surface area contributed by atoms with Gasteiger partial charge in [0.2, 0.25) is 0 Å². The van der Waals surface area contributed by atoms with Crippen LogP contribution in [0.5, 0.6) is 0 Å². The van der Waals surface area contributed by atoms with E-state index < -0.39 is 5.82 Å². The van der Waals surface area contributed by atoms with Crippen LogP contribution in [0, 0.1) is 23.1 Å². The number of hydrogen-bond donors (Lipinski definition) is 0. The van der Waals surface area contributed by atoms with Crippen LogP contribution >= 0.6 is 0 Å². The Balaban J connectivity index is 1.50. The zero-order valence-corrected chi connectivity index (χ0v) is 19.2. The van der Waals surface area contributed by atoms with Crippen molar-refractivity contribution in [2.45, 2.75) is 26.7 Å². The summed E-state index contributed by atoms with van der Waals surface area (Å²) in [6.45, 7) is 7.37. The van der Waals surface area contributed by atoms with Gasteiger partial charge in [-0.25, -0.2) is 4.39 Å². The van der Waals surface area contributed by atoms with E-state index in [1.165, 1.54) is 13.0 Å². The number of rotatable bonds is 4. The molecule has 4 rings (SSSR count). The van der Waals surface area contributed by atoms with E-state index in [-0.39, 0.29) is 11.7 Å². The van der Waals surface area contributed by atoms with Crippen molar-refractivity contribution in [3.63, 3.8) is 0 Å². The molecular weight excluding hydrogens is 419 g/mol. The van der Waals surface area contributed by atoms with Gasteiger partial charge in [0.1, 0.15) is 5.82 Å². The van der Waals surface area contributed by atoms with Crippen molar-refractivity contribution >= 4 is 23.1 Å². The number of piperazine rings is 1. The number of piperidine rings is 1. The second-order valence-corrected chi connectivity index (χ2v) is 9.01. The molecule has 0 N–H and O–H groups in total. The molecule has 0 spiro atoms. The molecule has 0 saturated carbocycles. The number of halogens is 1. The van der Waals surface area contributed by atoms with E-state index in [9.17, 15) is 19.2 Å². The summed E-state index contributed by atoms with van der Waals surface area (Å²) in [4.78, 5) is 30.9. The van der Waals surface area contributed by atoms with Gasteiger partial charge in [0.25, 0.3) is 5.91 Å². The lowest BCUT2D eigenvalue weighted by Crippen LogP contribution is -2.49. The molecule has 2 saturated heterocycles. The van der Waals surface area contributed by atoms with Crippen LogP contribution < -0.4 is 9.80 Å². The van der Waals surface area contributed by atoms with Crippen LogP contribution in [-0.2, 0) is 0 Å². The molecule has 2 fully saturated rings. The van der Waals surface area contributed by atoms with Gasteiger partial charge in [-0.2, -0.15) is 5.26 Å². The maximum absolute atomic E-state index is 14.6. The van der Waals surface area contributed by atoms with Gasteiger partial charge in [0.15, 0.2) is 5.78 Å². The fraction of sp³-hybridized carbons (Fsp3) is 0.423. The summed E-state index contributed by atoms with van der Waals surface area (Å²) in [5.41, 5.74) is 2.72. The summed E-state index contributed by atoms with van der Waals surface area (Å²) in [7, 11) is 0. The smallest absolute Gasteiger partial charge is 0.256 e. The van der Waals surface area contributed by atoms with E-state index in [0.717, 1.165) is 31.6 Å². The van der Waals surface area contributed by atoms with Crippen molar-refractivity contribution < 1.29 is 14.0 Å². The number of anilines is 2. The average molecular weight is 449 g/mol. The number of ketones is 1. The highest BCUT2D eigenvalue weighted by atomic mass is 19.1. The second-order valence-electron chi connectivity index (χ2n) is 9.01. The SMILES string of the molecule is CC(=O)c1ccc(N2CCN(C(=O)c3cc(C#N)ccc3N3CCC(C)CC3)CC2)c(F)c1. The molecule has 33 heavy (non-hydrogen) atoms. The lowest BCUT2D eigenvalue weighted by molar-refractivity contribution is 0.0747. The Morgan fingerprint density at radius 3 is 2.18 bits per heavy atom. The van der Waals surface area contributed by atoms with Crippen molar-refractivity contribution in [2.24, 2.45) is 5.92 Å². The third-order valence-electron chi connectivity index (χ3n) is 6.74. The molecule has 0 unspecified atom stereocenters. The normalized spacial score (nSPS) is 17.1. The molecule has 7 heteroatoms. The maximum Gasteiger partial charge on any atom is 0.256 e. The first-order chi connectivity index (χ1) is 15.9. The Morgan fingerprint density at radius 2 is 1.58 bits per heavy atom. The topological polar surface area (TPSA) is 67.6 Å². The summed E-state index contributed by atoms with van der Waals surface area (Å²) in [5, 5.41) is 9.38. The van der Waals surface area contributed by atoms with Gasteiger partial charge in [-0.15, -0.1) is 0 Å². The number of carbonyl (C=O) groups is 2. The van der Waals surface area contributed by atoms with Crippen LogP contribution in [0.4, 0.5) is 15.8 Å². The van der Waals surface area contributed by atoms with Gasteiger partial charge in [0, 0.05) is 50.5 Å². The maximum atomic E-state index is 14.6. The predicted molar refractivity (Wildman–Crippen MR) is 126 cm³/mol.